The standard InChI is InChI=1S/C22H23F3N6O/c1-27-17-7-4-8-22(24,25)18(17)30-21-15(23)10-14(19(26)32)20(31-21)29-13-9-12-5-2-3-6-16(12)28-11-13/h2-3,5-6,9-11,17-18,27H,4,7-8H2,1H3,(H2,26,32)(H2,29,30,31)/t17-,18?/m0/s1. The number of rotatable bonds is 6. The SMILES string of the molecule is CN[C@H]1CCCC(F)(F)C1Nc1nc(Nc2cnc3ccccc3c2)c(C(N)=O)cc1F. The summed E-state index contributed by atoms with van der Waals surface area (Å²) in [6, 6.07) is 8.14. The van der Waals surface area contributed by atoms with E-state index in [-0.39, 0.29) is 17.8 Å². The summed E-state index contributed by atoms with van der Waals surface area (Å²) in [5.74, 6) is -5.36. The summed E-state index contributed by atoms with van der Waals surface area (Å²) >= 11 is 0. The highest BCUT2D eigenvalue weighted by atomic mass is 19.3. The fourth-order valence-corrected chi connectivity index (χ4v) is 3.99. The molecule has 1 fully saturated rings. The van der Waals surface area contributed by atoms with E-state index in [4.69, 9.17) is 5.73 Å². The fourth-order valence-electron chi connectivity index (χ4n) is 3.99. The second kappa shape index (κ2) is 8.62. The number of carbonyl (C=O) groups excluding carboxylic acids is 1. The number of nitrogens with two attached hydrogens (primary N) is 1. The van der Waals surface area contributed by atoms with Crippen molar-refractivity contribution in [3.8, 4) is 0 Å². The van der Waals surface area contributed by atoms with Gasteiger partial charge in [0.05, 0.1) is 23.0 Å². The molecule has 1 amide bonds. The molecule has 4 rings (SSSR count). The van der Waals surface area contributed by atoms with E-state index in [1.807, 2.05) is 24.3 Å². The van der Waals surface area contributed by atoms with Crippen LogP contribution < -0.4 is 21.7 Å². The van der Waals surface area contributed by atoms with Crippen molar-refractivity contribution < 1.29 is 18.0 Å². The molecule has 0 radical (unpaired) electrons. The maximum absolute atomic E-state index is 14.7. The molecule has 2 heterocycles. The first-order chi connectivity index (χ1) is 15.3. The molecule has 1 saturated carbocycles. The molecule has 2 atom stereocenters. The zero-order valence-electron chi connectivity index (χ0n) is 17.3. The Morgan fingerprint density at radius 3 is 2.75 bits per heavy atom. The molecule has 0 aliphatic heterocycles. The number of halogens is 3. The number of anilines is 3. The molecule has 2 aromatic heterocycles. The predicted octanol–water partition coefficient (Wildman–Crippen LogP) is 3.80. The Kier molecular flexibility index (Phi) is 5.88. The Bertz CT molecular complexity index is 1160. The van der Waals surface area contributed by atoms with Crippen molar-refractivity contribution in [1.82, 2.24) is 15.3 Å². The molecule has 5 N–H and O–H groups in total. The number of likely N-dealkylation sites (N-methyl/N-ethyl adjacent to an activating group) is 1. The quantitative estimate of drug-likeness (QED) is 0.461. The van der Waals surface area contributed by atoms with Crippen LogP contribution in [0.15, 0.2) is 42.6 Å². The first-order valence-electron chi connectivity index (χ1n) is 10.2. The van der Waals surface area contributed by atoms with Gasteiger partial charge in [-0.15, -0.1) is 0 Å². The molecule has 1 aliphatic carbocycles. The van der Waals surface area contributed by atoms with Crippen LogP contribution >= 0.6 is 0 Å². The highest BCUT2D eigenvalue weighted by Crippen LogP contribution is 2.36. The number of pyridine rings is 2. The van der Waals surface area contributed by atoms with Gasteiger partial charge in [0, 0.05) is 17.8 Å². The van der Waals surface area contributed by atoms with Crippen LogP contribution in [-0.4, -0.2) is 40.9 Å². The summed E-state index contributed by atoms with van der Waals surface area (Å²) in [4.78, 5) is 20.3. The van der Waals surface area contributed by atoms with Gasteiger partial charge in [0.2, 0.25) is 0 Å². The molecule has 0 bridgehead atoms. The van der Waals surface area contributed by atoms with Gasteiger partial charge in [0.1, 0.15) is 11.9 Å². The lowest BCUT2D eigenvalue weighted by atomic mass is 9.87. The molecule has 0 spiro atoms. The monoisotopic (exact) mass is 444 g/mol. The van der Waals surface area contributed by atoms with Crippen LogP contribution in [0.4, 0.5) is 30.5 Å². The number of nitrogens with one attached hydrogen (secondary N) is 3. The van der Waals surface area contributed by atoms with Crippen LogP contribution in [0.1, 0.15) is 29.6 Å². The Hall–Kier alpha value is -3.40. The molecular formula is C22H23F3N6O. The number of alkyl halides is 2. The molecular weight excluding hydrogens is 421 g/mol. The number of aromatic nitrogens is 2. The topological polar surface area (TPSA) is 105 Å². The van der Waals surface area contributed by atoms with Gasteiger partial charge in [0.25, 0.3) is 11.8 Å². The third-order valence-electron chi connectivity index (χ3n) is 5.64. The number of fused-ring (bicyclic) bond motifs is 1. The van der Waals surface area contributed by atoms with Crippen LogP contribution in [0.25, 0.3) is 10.9 Å². The second-order valence-electron chi connectivity index (χ2n) is 7.79. The summed E-state index contributed by atoms with van der Waals surface area (Å²) in [7, 11) is 1.58. The van der Waals surface area contributed by atoms with E-state index in [0.717, 1.165) is 17.0 Å². The number of primary amides is 1. The summed E-state index contributed by atoms with van der Waals surface area (Å²) < 4.78 is 43.9. The molecule has 7 nitrogen and oxygen atoms in total. The maximum Gasteiger partial charge on any atom is 0.269 e. The molecule has 1 unspecified atom stereocenters. The van der Waals surface area contributed by atoms with Crippen LogP contribution in [0.3, 0.4) is 0 Å². The minimum atomic E-state index is -3.06. The number of hydrogen-bond donors (Lipinski definition) is 4. The van der Waals surface area contributed by atoms with E-state index in [1.165, 1.54) is 6.20 Å². The minimum Gasteiger partial charge on any atom is -0.365 e. The Morgan fingerprint density at radius 1 is 1.22 bits per heavy atom. The van der Waals surface area contributed by atoms with Crippen LogP contribution in [0.2, 0.25) is 0 Å². The summed E-state index contributed by atoms with van der Waals surface area (Å²) in [6.07, 6.45) is 2.09. The lowest BCUT2D eigenvalue weighted by molar-refractivity contribution is -0.0550. The molecule has 1 aromatic carbocycles. The van der Waals surface area contributed by atoms with E-state index < -0.39 is 35.5 Å². The highest BCUT2D eigenvalue weighted by Gasteiger charge is 2.47. The molecule has 0 saturated heterocycles. The number of para-hydroxylation sites is 1. The smallest absolute Gasteiger partial charge is 0.269 e. The van der Waals surface area contributed by atoms with Crippen molar-refractivity contribution in [3.05, 3.63) is 54.0 Å². The van der Waals surface area contributed by atoms with E-state index in [0.29, 0.717) is 18.5 Å². The summed E-state index contributed by atoms with van der Waals surface area (Å²) in [5, 5.41) is 9.16. The fraction of sp³-hybridized carbons (Fsp3) is 0.318. The lowest BCUT2D eigenvalue weighted by Gasteiger charge is -2.38. The Balaban J connectivity index is 1.70. The van der Waals surface area contributed by atoms with Gasteiger partial charge < -0.3 is 21.7 Å². The van der Waals surface area contributed by atoms with Gasteiger partial charge in [-0.1, -0.05) is 18.2 Å². The van der Waals surface area contributed by atoms with Crippen molar-refractivity contribution in [3.63, 3.8) is 0 Å². The number of carbonyl (C=O) groups is 1. The van der Waals surface area contributed by atoms with E-state index in [1.54, 1.807) is 13.1 Å². The molecule has 3 aromatic rings. The van der Waals surface area contributed by atoms with Crippen molar-refractivity contribution in [2.24, 2.45) is 5.73 Å². The van der Waals surface area contributed by atoms with Crippen LogP contribution in [0.5, 0.6) is 0 Å². The van der Waals surface area contributed by atoms with Gasteiger partial charge in [-0.2, -0.15) is 0 Å². The van der Waals surface area contributed by atoms with Crippen LogP contribution in [0, 0.1) is 5.82 Å². The van der Waals surface area contributed by atoms with Gasteiger partial charge in [-0.3, -0.25) is 9.78 Å². The van der Waals surface area contributed by atoms with Crippen molar-refractivity contribution >= 4 is 34.1 Å². The average molecular weight is 444 g/mol. The van der Waals surface area contributed by atoms with Crippen molar-refractivity contribution in [1.29, 1.82) is 0 Å². The van der Waals surface area contributed by atoms with Gasteiger partial charge in [-0.25, -0.2) is 18.2 Å². The Morgan fingerprint density at radius 2 is 2.00 bits per heavy atom. The normalized spacial score (nSPS) is 20.1. The van der Waals surface area contributed by atoms with Gasteiger partial charge in [0.15, 0.2) is 11.6 Å². The second-order valence-corrected chi connectivity index (χ2v) is 7.79. The zero-order valence-corrected chi connectivity index (χ0v) is 17.3. The molecule has 10 heteroatoms. The lowest BCUT2D eigenvalue weighted by Crippen LogP contribution is -2.56. The largest absolute Gasteiger partial charge is 0.365 e. The molecule has 1 aliphatic rings. The number of nitrogens with zero attached hydrogens (tertiary/aromatic N) is 2. The number of benzene rings is 1. The van der Waals surface area contributed by atoms with Gasteiger partial charge in [-0.05, 0) is 38.1 Å². The Labute approximate surface area is 182 Å². The zero-order chi connectivity index (χ0) is 22.9. The first kappa shape index (κ1) is 21.8. The molecule has 32 heavy (non-hydrogen) atoms. The number of hydrogen-bond acceptors (Lipinski definition) is 6. The van der Waals surface area contributed by atoms with Crippen molar-refractivity contribution in [2.75, 3.05) is 17.7 Å². The van der Waals surface area contributed by atoms with E-state index >= 15 is 0 Å². The third-order valence-corrected chi connectivity index (χ3v) is 5.64. The number of amides is 1. The predicted molar refractivity (Wildman–Crippen MR) is 117 cm³/mol. The highest BCUT2D eigenvalue weighted by molar-refractivity contribution is 5.98. The molecule has 168 valence electrons. The van der Waals surface area contributed by atoms with Crippen molar-refractivity contribution in [2.45, 2.75) is 37.3 Å². The first-order valence-corrected chi connectivity index (χ1v) is 10.2. The average Bonchev–Trinajstić information content (AvgIpc) is 2.76. The van der Waals surface area contributed by atoms with Crippen LogP contribution in [-0.2, 0) is 0 Å². The van der Waals surface area contributed by atoms with E-state index in [2.05, 4.69) is 25.9 Å². The van der Waals surface area contributed by atoms with Gasteiger partial charge >= 0.3 is 0 Å². The summed E-state index contributed by atoms with van der Waals surface area (Å²) in [6.45, 7) is 0. The third kappa shape index (κ3) is 4.31. The minimum absolute atomic E-state index is 0.0568. The summed E-state index contributed by atoms with van der Waals surface area (Å²) in [5.41, 5.74) is 6.43. The van der Waals surface area contributed by atoms with E-state index in [9.17, 15) is 18.0 Å². The maximum atomic E-state index is 14.7.